The molecule has 1 aliphatic carbocycles. The van der Waals surface area contributed by atoms with Crippen LogP contribution in [0.15, 0.2) is 42.5 Å². The number of hydrogen-bond acceptors (Lipinski definition) is 4. The first-order valence-electron chi connectivity index (χ1n) is 6.51. The summed E-state index contributed by atoms with van der Waals surface area (Å²) in [5, 5.41) is 14.0. The highest BCUT2D eigenvalue weighted by Gasteiger charge is 2.24. The molecule has 0 heterocycles. The zero-order valence-electron chi connectivity index (χ0n) is 10.9. The van der Waals surface area contributed by atoms with Crippen molar-refractivity contribution in [1.82, 2.24) is 0 Å². The van der Waals surface area contributed by atoms with Crippen molar-refractivity contribution in [2.45, 2.75) is 12.3 Å². The van der Waals surface area contributed by atoms with Gasteiger partial charge in [-0.1, -0.05) is 24.3 Å². The molecule has 3 rings (SSSR count). The number of nitrogens with two attached hydrogens (primary N) is 1. The first kappa shape index (κ1) is 12.5. The van der Waals surface area contributed by atoms with Gasteiger partial charge in [0.1, 0.15) is 5.69 Å². The van der Waals surface area contributed by atoms with E-state index in [1.165, 1.54) is 17.2 Å². The lowest BCUT2D eigenvalue weighted by molar-refractivity contribution is -0.383. The van der Waals surface area contributed by atoms with E-state index in [0.717, 1.165) is 18.7 Å². The van der Waals surface area contributed by atoms with Gasteiger partial charge in [0.25, 0.3) is 5.69 Å². The van der Waals surface area contributed by atoms with Crippen LogP contribution in [0.25, 0.3) is 0 Å². The average molecular weight is 269 g/mol. The van der Waals surface area contributed by atoms with Gasteiger partial charge in [-0.15, -0.1) is 0 Å². The van der Waals surface area contributed by atoms with Crippen molar-refractivity contribution in [2.24, 2.45) is 0 Å². The Balaban J connectivity index is 1.66. The number of nitro groups is 1. The summed E-state index contributed by atoms with van der Waals surface area (Å²) in [4.78, 5) is 10.2. The third kappa shape index (κ3) is 2.18. The largest absolute Gasteiger partial charge is 0.393 e. The van der Waals surface area contributed by atoms with Gasteiger partial charge >= 0.3 is 0 Å². The number of nitrogen functional groups attached to an aromatic ring is 1. The van der Waals surface area contributed by atoms with Crippen molar-refractivity contribution in [3.63, 3.8) is 0 Å². The Morgan fingerprint density at radius 3 is 2.80 bits per heavy atom. The molecule has 0 bridgehead atoms. The molecule has 1 atom stereocenters. The van der Waals surface area contributed by atoms with Gasteiger partial charge in [0.05, 0.1) is 4.92 Å². The van der Waals surface area contributed by atoms with E-state index in [9.17, 15) is 10.1 Å². The monoisotopic (exact) mass is 269 g/mol. The standard InChI is InChI=1S/C15H15N3O2/c16-14-8-12(5-6-15(14)18(19)20)17-9-11-7-10-3-1-2-4-13(10)11/h1-6,8,11,17H,7,9,16H2. The molecule has 102 valence electrons. The molecule has 0 saturated heterocycles. The van der Waals surface area contributed by atoms with Crippen LogP contribution in [0.1, 0.15) is 17.0 Å². The Hall–Kier alpha value is -2.56. The minimum Gasteiger partial charge on any atom is -0.393 e. The maximum atomic E-state index is 10.7. The molecule has 0 saturated carbocycles. The summed E-state index contributed by atoms with van der Waals surface area (Å²) in [5.41, 5.74) is 9.41. The van der Waals surface area contributed by atoms with Crippen molar-refractivity contribution in [3.8, 4) is 0 Å². The van der Waals surface area contributed by atoms with E-state index >= 15 is 0 Å². The third-order valence-electron chi connectivity index (χ3n) is 3.74. The summed E-state index contributed by atoms with van der Waals surface area (Å²) in [7, 11) is 0. The smallest absolute Gasteiger partial charge is 0.292 e. The zero-order chi connectivity index (χ0) is 14.1. The molecule has 1 unspecified atom stereocenters. The van der Waals surface area contributed by atoms with Crippen LogP contribution >= 0.6 is 0 Å². The van der Waals surface area contributed by atoms with Gasteiger partial charge in [-0.3, -0.25) is 10.1 Å². The molecule has 3 N–H and O–H groups in total. The Kier molecular flexibility index (Phi) is 3.02. The summed E-state index contributed by atoms with van der Waals surface area (Å²) in [5.74, 6) is 0.502. The molecule has 0 spiro atoms. The maximum absolute atomic E-state index is 10.7. The van der Waals surface area contributed by atoms with Crippen molar-refractivity contribution in [2.75, 3.05) is 17.6 Å². The van der Waals surface area contributed by atoms with Crippen molar-refractivity contribution in [3.05, 3.63) is 63.7 Å². The van der Waals surface area contributed by atoms with Crippen LogP contribution in [-0.2, 0) is 6.42 Å². The van der Waals surface area contributed by atoms with Crippen molar-refractivity contribution < 1.29 is 4.92 Å². The van der Waals surface area contributed by atoms with E-state index in [2.05, 4.69) is 29.6 Å². The first-order chi connectivity index (χ1) is 9.65. The summed E-state index contributed by atoms with van der Waals surface area (Å²) in [6, 6.07) is 13.1. The highest BCUT2D eigenvalue weighted by molar-refractivity contribution is 5.66. The number of fused-ring (bicyclic) bond motifs is 1. The van der Waals surface area contributed by atoms with E-state index in [4.69, 9.17) is 5.73 Å². The Morgan fingerprint density at radius 2 is 2.10 bits per heavy atom. The van der Waals surface area contributed by atoms with E-state index in [-0.39, 0.29) is 11.4 Å². The fraction of sp³-hybridized carbons (Fsp3) is 0.200. The molecule has 2 aromatic rings. The predicted molar refractivity (Wildman–Crippen MR) is 78.9 cm³/mol. The second-order valence-corrected chi connectivity index (χ2v) is 5.01. The number of nitro benzene ring substituents is 1. The molecule has 2 aromatic carbocycles. The summed E-state index contributed by atoms with van der Waals surface area (Å²) >= 11 is 0. The minimum atomic E-state index is -0.471. The summed E-state index contributed by atoms with van der Waals surface area (Å²) < 4.78 is 0. The number of anilines is 2. The lowest BCUT2D eigenvalue weighted by Crippen LogP contribution is -2.24. The van der Waals surface area contributed by atoms with Gasteiger partial charge in [-0.25, -0.2) is 0 Å². The SMILES string of the molecule is Nc1cc(NCC2Cc3ccccc32)ccc1[N+](=O)[O-]. The van der Waals surface area contributed by atoms with Crippen LogP contribution in [0.3, 0.4) is 0 Å². The Morgan fingerprint density at radius 1 is 1.30 bits per heavy atom. The fourth-order valence-electron chi connectivity index (χ4n) is 2.62. The molecule has 20 heavy (non-hydrogen) atoms. The van der Waals surface area contributed by atoms with Crippen LogP contribution in [0, 0.1) is 10.1 Å². The molecule has 0 aromatic heterocycles. The fourth-order valence-corrected chi connectivity index (χ4v) is 2.62. The van der Waals surface area contributed by atoms with Gasteiger partial charge in [0, 0.05) is 24.2 Å². The average Bonchev–Trinajstić information content (AvgIpc) is 2.39. The highest BCUT2D eigenvalue weighted by atomic mass is 16.6. The molecule has 0 radical (unpaired) electrons. The minimum absolute atomic E-state index is 0.0514. The van der Waals surface area contributed by atoms with Crippen LogP contribution in [0.2, 0.25) is 0 Å². The zero-order valence-corrected chi connectivity index (χ0v) is 10.9. The number of hydrogen-bond donors (Lipinski definition) is 2. The van der Waals surface area contributed by atoms with Gasteiger partial charge in [-0.2, -0.15) is 0 Å². The Labute approximate surface area is 116 Å². The van der Waals surface area contributed by atoms with Gasteiger partial charge in [-0.05, 0) is 29.7 Å². The first-order valence-corrected chi connectivity index (χ1v) is 6.51. The number of nitrogens with one attached hydrogen (secondary N) is 1. The van der Waals surface area contributed by atoms with E-state index in [1.54, 1.807) is 12.1 Å². The summed E-state index contributed by atoms with van der Waals surface area (Å²) in [6.07, 6.45) is 1.08. The van der Waals surface area contributed by atoms with Crippen LogP contribution in [0.4, 0.5) is 17.1 Å². The Bertz CT molecular complexity index is 670. The third-order valence-corrected chi connectivity index (χ3v) is 3.74. The lowest BCUT2D eigenvalue weighted by Gasteiger charge is -2.30. The molecule has 0 amide bonds. The molecule has 1 aliphatic rings. The van der Waals surface area contributed by atoms with Crippen LogP contribution in [0.5, 0.6) is 0 Å². The normalized spacial score (nSPS) is 16.1. The van der Waals surface area contributed by atoms with Crippen LogP contribution in [-0.4, -0.2) is 11.5 Å². The van der Waals surface area contributed by atoms with Gasteiger partial charge < -0.3 is 11.1 Å². The highest BCUT2D eigenvalue weighted by Crippen LogP contribution is 2.35. The van der Waals surface area contributed by atoms with Gasteiger partial charge in [0.2, 0.25) is 0 Å². The molecule has 5 heteroatoms. The molecule has 0 aliphatic heterocycles. The quantitative estimate of drug-likeness (QED) is 0.508. The predicted octanol–water partition coefficient (Wildman–Crippen LogP) is 2.93. The van der Waals surface area contributed by atoms with Crippen molar-refractivity contribution in [1.29, 1.82) is 0 Å². The van der Waals surface area contributed by atoms with E-state index < -0.39 is 4.92 Å². The number of benzene rings is 2. The van der Waals surface area contributed by atoms with Gasteiger partial charge in [0.15, 0.2) is 0 Å². The second-order valence-electron chi connectivity index (χ2n) is 5.01. The topological polar surface area (TPSA) is 81.2 Å². The maximum Gasteiger partial charge on any atom is 0.292 e. The van der Waals surface area contributed by atoms with E-state index in [1.807, 2.05) is 0 Å². The molecular weight excluding hydrogens is 254 g/mol. The number of nitrogens with zero attached hydrogens (tertiary/aromatic N) is 1. The molecule has 0 fully saturated rings. The molecule has 5 nitrogen and oxygen atoms in total. The number of rotatable bonds is 4. The summed E-state index contributed by atoms with van der Waals surface area (Å²) in [6.45, 7) is 0.814. The second kappa shape index (κ2) is 4.85. The molecular formula is C15H15N3O2. The van der Waals surface area contributed by atoms with Crippen LogP contribution < -0.4 is 11.1 Å². The lowest BCUT2D eigenvalue weighted by atomic mass is 9.77. The van der Waals surface area contributed by atoms with Crippen molar-refractivity contribution >= 4 is 17.1 Å². The van der Waals surface area contributed by atoms with E-state index in [0.29, 0.717) is 5.92 Å².